The van der Waals surface area contributed by atoms with Gasteiger partial charge in [-0.1, -0.05) is 54.1 Å². The summed E-state index contributed by atoms with van der Waals surface area (Å²) in [6.45, 7) is 0.515. The number of para-hydroxylation sites is 1. The molecule has 1 amide bonds. The van der Waals surface area contributed by atoms with Crippen LogP contribution in [0.5, 0.6) is 0 Å². The molecule has 30 heavy (non-hydrogen) atoms. The number of anilines is 1. The molecular weight excluding hydrogens is 406 g/mol. The summed E-state index contributed by atoms with van der Waals surface area (Å²) in [4.78, 5) is 15.3. The first-order valence-electron chi connectivity index (χ1n) is 9.86. The van der Waals surface area contributed by atoms with Crippen molar-refractivity contribution in [2.75, 3.05) is 11.9 Å². The fourth-order valence-corrected chi connectivity index (χ4v) is 4.07. The Bertz CT molecular complexity index is 1040. The molecule has 0 aromatic heterocycles. The highest BCUT2D eigenvalue weighted by Crippen LogP contribution is 2.36. The topological polar surface area (TPSA) is 32.3 Å². The summed E-state index contributed by atoms with van der Waals surface area (Å²) in [6.07, 6.45) is 1.46. The van der Waals surface area contributed by atoms with Crippen LogP contribution in [0.4, 0.5) is 14.5 Å². The molecule has 154 valence electrons. The van der Waals surface area contributed by atoms with Crippen molar-refractivity contribution in [3.05, 3.63) is 101 Å². The van der Waals surface area contributed by atoms with E-state index in [-0.39, 0.29) is 23.5 Å². The van der Waals surface area contributed by atoms with Gasteiger partial charge >= 0.3 is 0 Å². The van der Waals surface area contributed by atoms with Crippen molar-refractivity contribution >= 4 is 23.2 Å². The van der Waals surface area contributed by atoms with E-state index in [1.54, 1.807) is 65.6 Å². The van der Waals surface area contributed by atoms with Crippen molar-refractivity contribution in [3.8, 4) is 0 Å². The van der Waals surface area contributed by atoms with E-state index in [9.17, 15) is 13.6 Å². The number of nitrogens with zero attached hydrogens (tertiary/aromatic N) is 1. The lowest BCUT2D eigenvalue weighted by Crippen LogP contribution is -2.38. The number of halogens is 3. The van der Waals surface area contributed by atoms with Crippen LogP contribution < -0.4 is 5.32 Å². The maximum absolute atomic E-state index is 14.4. The van der Waals surface area contributed by atoms with Gasteiger partial charge in [-0.2, -0.15) is 0 Å². The van der Waals surface area contributed by atoms with Crippen LogP contribution in [0.1, 0.15) is 36.1 Å². The SMILES string of the molecule is O=C(C(Nc1ccccc1F)c1ccc(Cl)cc1)N1CCCC1c1ccccc1F. The zero-order valence-electron chi connectivity index (χ0n) is 16.2. The van der Waals surface area contributed by atoms with Crippen molar-refractivity contribution in [3.63, 3.8) is 0 Å². The average molecular weight is 427 g/mol. The minimum absolute atomic E-state index is 0.229. The first kappa shape index (κ1) is 20.4. The summed E-state index contributed by atoms with van der Waals surface area (Å²) in [5, 5.41) is 3.59. The normalized spacial score (nSPS) is 17.0. The number of benzene rings is 3. The fraction of sp³-hybridized carbons (Fsp3) is 0.208. The van der Waals surface area contributed by atoms with Crippen LogP contribution in [-0.2, 0) is 4.79 Å². The molecule has 1 aliphatic heterocycles. The number of hydrogen-bond acceptors (Lipinski definition) is 2. The molecule has 2 atom stereocenters. The molecule has 3 aromatic rings. The van der Waals surface area contributed by atoms with Crippen molar-refractivity contribution in [2.45, 2.75) is 24.9 Å². The molecule has 0 radical (unpaired) electrons. The lowest BCUT2D eigenvalue weighted by Gasteiger charge is -2.30. The number of carbonyl (C=O) groups is 1. The van der Waals surface area contributed by atoms with Crippen LogP contribution in [0.2, 0.25) is 5.02 Å². The van der Waals surface area contributed by atoms with Gasteiger partial charge in [-0.3, -0.25) is 4.79 Å². The molecule has 4 rings (SSSR count). The minimum Gasteiger partial charge on any atom is -0.368 e. The zero-order valence-corrected chi connectivity index (χ0v) is 16.9. The summed E-state index contributed by atoms with van der Waals surface area (Å²) >= 11 is 6.01. The number of hydrogen-bond donors (Lipinski definition) is 1. The predicted octanol–water partition coefficient (Wildman–Crippen LogP) is 6.14. The third-order valence-corrected chi connectivity index (χ3v) is 5.68. The maximum Gasteiger partial charge on any atom is 0.250 e. The lowest BCUT2D eigenvalue weighted by molar-refractivity contribution is -0.133. The van der Waals surface area contributed by atoms with Gasteiger partial charge < -0.3 is 10.2 Å². The molecule has 0 aliphatic carbocycles. The van der Waals surface area contributed by atoms with Gasteiger partial charge in [0.05, 0.1) is 11.7 Å². The molecule has 1 saturated heterocycles. The molecule has 0 bridgehead atoms. The van der Waals surface area contributed by atoms with Crippen LogP contribution in [0.3, 0.4) is 0 Å². The van der Waals surface area contributed by atoms with Gasteiger partial charge in [-0.05, 0) is 48.7 Å². The summed E-state index contributed by atoms with van der Waals surface area (Å²) in [7, 11) is 0. The van der Waals surface area contributed by atoms with Crippen LogP contribution in [0, 0.1) is 11.6 Å². The monoisotopic (exact) mass is 426 g/mol. The van der Waals surface area contributed by atoms with Gasteiger partial charge in [0.1, 0.15) is 17.7 Å². The van der Waals surface area contributed by atoms with Crippen LogP contribution in [-0.4, -0.2) is 17.4 Å². The standard InChI is InChI=1S/C24H21ClF2N2O/c25-17-13-11-16(12-14-17)23(28-21-9-4-3-8-20(21)27)24(30)29-15-5-10-22(29)18-6-1-2-7-19(18)26/h1-4,6-9,11-14,22-23,28H,5,10,15H2. The number of likely N-dealkylation sites (tertiary alicyclic amines) is 1. The predicted molar refractivity (Wildman–Crippen MR) is 114 cm³/mol. The van der Waals surface area contributed by atoms with Crippen molar-refractivity contribution in [2.24, 2.45) is 0 Å². The Kier molecular flexibility index (Phi) is 6.00. The molecule has 0 spiro atoms. The molecule has 3 nitrogen and oxygen atoms in total. The van der Waals surface area contributed by atoms with Gasteiger partial charge in [0.15, 0.2) is 0 Å². The molecule has 1 aliphatic rings. The Hall–Kier alpha value is -2.92. The van der Waals surface area contributed by atoms with E-state index in [1.807, 2.05) is 0 Å². The van der Waals surface area contributed by atoms with Crippen LogP contribution in [0.25, 0.3) is 0 Å². The molecule has 3 aromatic carbocycles. The van der Waals surface area contributed by atoms with Gasteiger partial charge in [0.2, 0.25) is 5.91 Å². The Labute approximate surface area is 179 Å². The molecule has 1 heterocycles. The number of amides is 1. The quantitative estimate of drug-likeness (QED) is 0.531. The summed E-state index contributed by atoms with van der Waals surface area (Å²) in [5.74, 6) is -1.00. The molecule has 1 fully saturated rings. The van der Waals surface area contributed by atoms with Crippen LogP contribution >= 0.6 is 11.6 Å². The Morgan fingerprint density at radius 2 is 1.63 bits per heavy atom. The Morgan fingerprint density at radius 3 is 2.33 bits per heavy atom. The number of rotatable bonds is 5. The second-order valence-electron chi connectivity index (χ2n) is 7.32. The molecule has 1 N–H and O–H groups in total. The highest BCUT2D eigenvalue weighted by Gasteiger charge is 2.36. The van der Waals surface area contributed by atoms with Crippen molar-refractivity contribution in [1.29, 1.82) is 0 Å². The van der Waals surface area contributed by atoms with E-state index >= 15 is 0 Å². The smallest absolute Gasteiger partial charge is 0.250 e. The summed E-state index contributed by atoms with van der Waals surface area (Å²) in [6, 6.07) is 18.4. The second-order valence-corrected chi connectivity index (χ2v) is 7.76. The Balaban J connectivity index is 1.69. The van der Waals surface area contributed by atoms with Crippen molar-refractivity contribution < 1.29 is 13.6 Å². The zero-order chi connectivity index (χ0) is 21.1. The molecular formula is C24H21ClF2N2O. The molecule has 0 saturated carbocycles. The third-order valence-electron chi connectivity index (χ3n) is 5.42. The first-order valence-corrected chi connectivity index (χ1v) is 10.2. The van der Waals surface area contributed by atoms with E-state index in [2.05, 4.69) is 5.32 Å². The van der Waals surface area contributed by atoms with Gasteiger partial charge in [-0.25, -0.2) is 8.78 Å². The fourth-order valence-electron chi connectivity index (χ4n) is 3.94. The highest BCUT2D eigenvalue weighted by atomic mass is 35.5. The van der Waals surface area contributed by atoms with E-state index in [4.69, 9.17) is 11.6 Å². The average Bonchev–Trinajstić information content (AvgIpc) is 3.23. The van der Waals surface area contributed by atoms with Gasteiger partial charge in [0.25, 0.3) is 0 Å². The summed E-state index contributed by atoms with van der Waals surface area (Å²) < 4.78 is 28.7. The van der Waals surface area contributed by atoms with E-state index < -0.39 is 11.9 Å². The van der Waals surface area contributed by atoms with Crippen molar-refractivity contribution in [1.82, 2.24) is 4.90 Å². The van der Waals surface area contributed by atoms with Crippen LogP contribution in [0.15, 0.2) is 72.8 Å². The number of nitrogens with one attached hydrogen (secondary N) is 1. The van der Waals surface area contributed by atoms with Gasteiger partial charge in [-0.15, -0.1) is 0 Å². The minimum atomic E-state index is -0.827. The molecule has 2 unspecified atom stereocenters. The maximum atomic E-state index is 14.4. The van der Waals surface area contributed by atoms with E-state index in [0.29, 0.717) is 29.1 Å². The largest absolute Gasteiger partial charge is 0.368 e. The third kappa shape index (κ3) is 4.17. The number of carbonyl (C=O) groups excluding carboxylic acids is 1. The first-order chi connectivity index (χ1) is 14.5. The second kappa shape index (κ2) is 8.84. The highest BCUT2D eigenvalue weighted by molar-refractivity contribution is 6.30. The lowest BCUT2D eigenvalue weighted by atomic mass is 10.0. The summed E-state index contributed by atoms with van der Waals surface area (Å²) in [5.41, 5.74) is 1.39. The van der Waals surface area contributed by atoms with E-state index in [1.165, 1.54) is 12.1 Å². The molecule has 6 heteroatoms. The van der Waals surface area contributed by atoms with E-state index in [0.717, 1.165) is 6.42 Å². The Morgan fingerprint density at radius 1 is 0.967 bits per heavy atom. The van der Waals surface area contributed by atoms with Gasteiger partial charge in [0, 0.05) is 17.1 Å².